The molecule has 0 saturated heterocycles. The number of amides is 1. The highest BCUT2D eigenvalue weighted by molar-refractivity contribution is 9.10. The number of methoxy groups -OCH3 is 1. The third kappa shape index (κ3) is 5.69. The predicted octanol–water partition coefficient (Wildman–Crippen LogP) is 4.29. The number of nitrogens with one attached hydrogen (secondary N) is 1. The van der Waals surface area contributed by atoms with Crippen molar-refractivity contribution < 1.29 is 17.9 Å². The van der Waals surface area contributed by atoms with Gasteiger partial charge in [0.15, 0.2) is 0 Å². The first-order valence-corrected chi connectivity index (χ1v) is 11.4. The Balaban J connectivity index is 1.85. The average molecular weight is 489 g/mol. The second-order valence-electron chi connectivity index (χ2n) is 6.49. The number of anilines is 1. The number of hydrogen-bond acceptors (Lipinski definition) is 4. The molecule has 0 unspecified atom stereocenters. The Labute approximate surface area is 184 Å². The minimum absolute atomic E-state index is 0.0724. The summed E-state index contributed by atoms with van der Waals surface area (Å²) in [4.78, 5) is 12.7. The Bertz CT molecular complexity index is 1090. The van der Waals surface area contributed by atoms with Gasteiger partial charge in [-0.25, -0.2) is 8.42 Å². The van der Waals surface area contributed by atoms with Crippen LogP contribution in [0.3, 0.4) is 0 Å². The first-order valence-electron chi connectivity index (χ1n) is 9.12. The van der Waals surface area contributed by atoms with Crippen LogP contribution in [0.15, 0.2) is 88.2 Å². The molecule has 3 rings (SSSR count). The first-order chi connectivity index (χ1) is 14.4. The quantitative estimate of drug-likeness (QED) is 0.513. The van der Waals surface area contributed by atoms with Crippen LogP contribution in [-0.2, 0) is 21.4 Å². The van der Waals surface area contributed by atoms with E-state index in [4.69, 9.17) is 4.74 Å². The van der Waals surface area contributed by atoms with Crippen molar-refractivity contribution in [3.63, 3.8) is 0 Å². The molecule has 0 radical (unpaired) electrons. The Kier molecular flexibility index (Phi) is 7.25. The number of halogens is 1. The van der Waals surface area contributed by atoms with Crippen LogP contribution in [0.4, 0.5) is 5.69 Å². The number of rotatable bonds is 8. The lowest BCUT2D eigenvalue weighted by atomic mass is 10.2. The number of nitrogens with zero attached hydrogens (tertiary/aromatic N) is 1. The van der Waals surface area contributed by atoms with Crippen LogP contribution in [0.5, 0.6) is 5.75 Å². The Morgan fingerprint density at radius 2 is 1.60 bits per heavy atom. The maximum atomic E-state index is 13.3. The molecular weight excluding hydrogens is 468 g/mol. The highest BCUT2D eigenvalue weighted by Gasteiger charge is 2.27. The predicted molar refractivity (Wildman–Crippen MR) is 120 cm³/mol. The second kappa shape index (κ2) is 9.88. The number of carbonyl (C=O) groups excluding carboxylic acids is 1. The zero-order valence-electron chi connectivity index (χ0n) is 16.3. The molecule has 3 aromatic rings. The number of benzene rings is 3. The van der Waals surface area contributed by atoms with E-state index in [9.17, 15) is 13.2 Å². The number of carbonyl (C=O) groups is 1. The van der Waals surface area contributed by atoms with Crippen molar-refractivity contribution in [3.05, 3.63) is 88.9 Å². The molecule has 30 heavy (non-hydrogen) atoms. The minimum atomic E-state index is -3.91. The smallest absolute Gasteiger partial charge is 0.243 e. The highest BCUT2D eigenvalue weighted by Crippen LogP contribution is 2.22. The summed E-state index contributed by atoms with van der Waals surface area (Å²) in [5.74, 6) is 0.127. The number of hydrogen-bond donors (Lipinski definition) is 1. The highest BCUT2D eigenvalue weighted by atomic mass is 79.9. The van der Waals surface area contributed by atoms with E-state index in [2.05, 4.69) is 21.2 Å². The molecule has 6 nitrogen and oxygen atoms in total. The molecule has 8 heteroatoms. The van der Waals surface area contributed by atoms with Gasteiger partial charge in [-0.3, -0.25) is 4.79 Å². The molecule has 0 aliphatic rings. The summed E-state index contributed by atoms with van der Waals surface area (Å²) in [7, 11) is -2.40. The van der Waals surface area contributed by atoms with E-state index in [1.807, 2.05) is 30.3 Å². The van der Waals surface area contributed by atoms with E-state index < -0.39 is 15.9 Å². The van der Waals surface area contributed by atoms with Crippen LogP contribution in [0.2, 0.25) is 0 Å². The minimum Gasteiger partial charge on any atom is -0.497 e. The Morgan fingerprint density at radius 3 is 2.20 bits per heavy atom. The molecular formula is C22H21BrN2O4S. The van der Waals surface area contributed by atoms with Crippen LogP contribution in [0, 0.1) is 0 Å². The molecule has 0 fully saturated rings. The zero-order chi connectivity index (χ0) is 21.6. The van der Waals surface area contributed by atoms with Crippen molar-refractivity contribution in [2.45, 2.75) is 11.4 Å². The monoisotopic (exact) mass is 488 g/mol. The summed E-state index contributed by atoms with van der Waals surface area (Å²) < 4.78 is 33.7. The molecule has 1 N–H and O–H groups in total. The normalized spacial score (nSPS) is 11.3. The maximum Gasteiger partial charge on any atom is 0.243 e. The molecule has 0 saturated carbocycles. The van der Waals surface area contributed by atoms with Gasteiger partial charge < -0.3 is 10.1 Å². The lowest BCUT2D eigenvalue weighted by Crippen LogP contribution is -2.37. The molecule has 3 aromatic carbocycles. The van der Waals surface area contributed by atoms with Crippen LogP contribution in [0.25, 0.3) is 0 Å². The standard InChI is InChI=1S/C22H21BrN2O4S/c1-29-20-11-13-21(14-12-20)30(27,28)25(15-17-5-3-2-4-6-17)16-22(26)24-19-9-7-18(23)8-10-19/h2-14H,15-16H2,1H3,(H,24,26). The summed E-state index contributed by atoms with van der Waals surface area (Å²) in [6, 6.07) is 22.3. The Morgan fingerprint density at radius 1 is 0.967 bits per heavy atom. The molecule has 0 aliphatic heterocycles. The van der Waals surface area contributed by atoms with Crippen LogP contribution in [0.1, 0.15) is 5.56 Å². The van der Waals surface area contributed by atoms with E-state index in [0.29, 0.717) is 11.4 Å². The van der Waals surface area contributed by atoms with Gasteiger partial charge in [-0.2, -0.15) is 4.31 Å². The fourth-order valence-electron chi connectivity index (χ4n) is 2.80. The Hall–Kier alpha value is -2.68. The van der Waals surface area contributed by atoms with Crippen LogP contribution < -0.4 is 10.1 Å². The van der Waals surface area contributed by atoms with Gasteiger partial charge in [-0.15, -0.1) is 0 Å². The van der Waals surface area contributed by atoms with Gasteiger partial charge in [0.1, 0.15) is 5.75 Å². The van der Waals surface area contributed by atoms with E-state index in [-0.39, 0.29) is 18.0 Å². The number of sulfonamides is 1. The maximum absolute atomic E-state index is 13.3. The lowest BCUT2D eigenvalue weighted by molar-refractivity contribution is -0.116. The molecule has 0 aromatic heterocycles. The lowest BCUT2D eigenvalue weighted by Gasteiger charge is -2.22. The third-order valence-corrected chi connectivity index (χ3v) is 6.68. The van der Waals surface area contributed by atoms with Crippen molar-refractivity contribution in [2.75, 3.05) is 19.0 Å². The van der Waals surface area contributed by atoms with Crippen LogP contribution >= 0.6 is 15.9 Å². The molecule has 0 heterocycles. The number of ether oxygens (including phenoxy) is 1. The average Bonchev–Trinajstić information content (AvgIpc) is 2.75. The van der Waals surface area contributed by atoms with E-state index in [1.165, 1.54) is 23.5 Å². The molecule has 0 atom stereocenters. The van der Waals surface area contributed by atoms with Crippen molar-refractivity contribution >= 4 is 37.5 Å². The van der Waals surface area contributed by atoms with Gasteiger partial charge in [0.2, 0.25) is 15.9 Å². The van der Waals surface area contributed by atoms with Crippen molar-refractivity contribution in [1.82, 2.24) is 4.31 Å². The summed E-state index contributed by atoms with van der Waals surface area (Å²) in [5.41, 5.74) is 1.37. The first kappa shape index (κ1) is 22.0. The second-order valence-corrected chi connectivity index (χ2v) is 9.34. The summed E-state index contributed by atoms with van der Waals surface area (Å²) in [6.07, 6.45) is 0. The summed E-state index contributed by atoms with van der Waals surface area (Å²) >= 11 is 3.34. The summed E-state index contributed by atoms with van der Waals surface area (Å²) in [5, 5.41) is 2.74. The fraction of sp³-hybridized carbons (Fsp3) is 0.136. The van der Waals surface area contributed by atoms with E-state index in [0.717, 1.165) is 10.0 Å². The SMILES string of the molecule is COc1ccc(S(=O)(=O)N(CC(=O)Nc2ccc(Br)cc2)Cc2ccccc2)cc1. The van der Waals surface area contributed by atoms with Gasteiger partial charge >= 0.3 is 0 Å². The van der Waals surface area contributed by atoms with E-state index in [1.54, 1.807) is 36.4 Å². The van der Waals surface area contributed by atoms with Crippen molar-refractivity contribution in [3.8, 4) is 5.75 Å². The summed E-state index contributed by atoms with van der Waals surface area (Å²) in [6.45, 7) is -0.248. The van der Waals surface area contributed by atoms with Gasteiger partial charge in [0.25, 0.3) is 0 Å². The zero-order valence-corrected chi connectivity index (χ0v) is 18.7. The fourth-order valence-corrected chi connectivity index (χ4v) is 4.45. The van der Waals surface area contributed by atoms with E-state index >= 15 is 0 Å². The third-order valence-electron chi connectivity index (χ3n) is 4.35. The van der Waals surface area contributed by atoms with Crippen molar-refractivity contribution in [1.29, 1.82) is 0 Å². The molecule has 1 amide bonds. The molecule has 156 valence electrons. The molecule has 0 aliphatic carbocycles. The topological polar surface area (TPSA) is 75.7 Å². The molecule has 0 bridgehead atoms. The van der Waals surface area contributed by atoms with Crippen molar-refractivity contribution in [2.24, 2.45) is 0 Å². The van der Waals surface area contributed by atoms with Gasteiger partial charge in [0, 0.05) is 16.7 Å². The van der Waals surface area contributed by atoms with Crippen LogP contribution in [-0.4, -0.2) is 32.3 Å². The molecule has 0 spiro atoms. The largest absolute Gasteiger partial charge is 0.497 e. The van der Waals surface area contributed by atoms with Gasteiger partial charge in [-0.1, -0.05) is 46.3 Å². The van der Waals surface area contributed by atoms with Gasteiger partial charge in [-0.05, 0) is 54.1 Å². The van der Waals surface area contributed by atoms with Gasteiger partial charge in [0.05, 0.1) is 18.6 Å².